The number of pyridine rings is 1. The lowest BCUT2D eigenvalue weighted by Gasteiger charge is -2.18. The fourth-order valence-electron chi connectivity index (χ4n) is 3.42. The molecule has 1 aliphatic heterocycles. The van der Waals surface area contributed by atoms with Crippen LogP contribution in [-0.4, -0.2) is 49.3 Å². The van der Waals surface area contributed by atoms with E-state index in [0.29, 0.717) is 42.3 Å². The number of hydrogen-bond acceptors (Lipinski definition) is 8. The van der Waals surface area contributed by atoms with E-state index in [-0.39, 0.29) is 40.6 Å². The lowest BCUT2D eigenvalue weighted by atomic mass is 9.97. The molecule has 0 saturated carbocycles. The number of methoxy groups -OCH3 is 1. The summed E-state index contributed by atoms with van der Waals surface area (Å²) in [7, 11) is -2.37. The standard InChI is InChI=1S/C21H26N4O6S/c1-31-17-3-5-18(6-4-17)32(29,30)21-13-16(9-11-23-21)14-25(28)24-20(27)12-15-2-7-19(26)22-10-8-15/h3-6,9,11,13,15,28H,2,7-8,10,12,14H2,1H3,(H,22,26)(H,24,27). The highest BCUT2D eigenvalue weighted by Crippen LogP contribution is 2.22. The van der Waals surface area contributed by atoms with Gasteiger partial charge in [-0.3, -0.25) is 20.2 Å². The Kier molecular flexibility index (Phi) is 7.78. The highest BCUT2D eigenvalue weighted by atomic mass is 32.2. The molecule has 2 aromatic rings. The molecule has 2 heterocycles. The van der Waals surface area contributed by atoms with E-state index in [0.717, 1.165) is 0 Å². The number of carbonyl (C=O) groups is 2. The van der Waals surface area contributed by atoms with Crippen molar-refractivity contribution in [3.05, 3.63) is 48.2 Å². The van der Waals surface area contributed by atoms with Gasteiger partial charge in [0, 0.05) is 25.6 Å². The second kappa shape index (κ2) is 10.5. The zero-order valence-corrected chi connectivity index (χ0v) is 18.5. The summed E-state index contributed by atoms with van der Waals surface area (Å²) in [6.45, 7) is 0.395. The average molecular weight is 463 g/mol. The van der Waals surface area contributed by atoms with Crippen molar-refractivity contribution >= 4 is 21.7 Å². The molecule has 0 spiro atoms. The van der Waals surface area contributed by atoms with Crippen LogP contribution in [0.1, 0.15) is 31.2 Å². The van der Waals surface area contributed by atoms with Gasteiger partial charge >= 0.3 is 0 Å². The Morgan fingerprint density at radius 3 is 2.75 bits per heavy atom. The second-order valence-electron chi connectivity index (χ2n) is 7.52. The summed E-state index contributed by atoms with van der Waals surface area (Å²) in [4.78, 5) is 27.6. The van der Waals surface area contributed by atoms with Crippen molar-refractivity contribution in [3.8, 4) is 5.75 Å². The third-order valence-corrected chi connectivity index (χ3v) is 6.83. The Balaban J connectivity index is 1.61. The van der Waals surface area contributed by atoms with Crippen LogP contribution in [0, 0.1) is 5.92 Å². The van der Waals surface area contributed by atoms with Crippen molar-refractivity contribution in [3.63, 3.8) is 0 Å². The fourth-order valence-corrected chi connectivity index (χ4v) is 4.67. The van der Waals surface area contributed by atoms with Crippen molar-refractivity contribution in [2.45, 2.75) is 42.1 Å². The molecule has 172 valence electrons. The molecule has 1 aromatic heterocycles. The molecule has 3 rings (SSSR count). The van der Waals surface area contributed by atoms with Gasteiger partial charge in [-0.2, -0.15) is 0 Å². The Morgan fingerprint density at radius 2 is 2.03 bits per heavy atom. The molecule has 1 saturated heterocycles. The van der Waals surface area contributed by atoms with Gasteiger partial charge in [-0.05, 0) is 60.7 Å². The predicted molar refractivity (Wildman–Crippen MR) is 113 cm³/mol. The summed E-state index contributed by atoms with van der Waals surface area (Å²) in [6.07, 6.45) is 3.20. The summed E-state index contributed by atoms with van der Waals surface area (Å²) in [5.74, 6) is 0.176. The van der Waals surface area contributed by atoms with Crippen LogP contribution < -0.4 is 15.5 Å². The summed E-state index contributed by atoms with van der Waals surface area (Å²) in [5.41, 5.74) is 2.81. The Labute approximate surface area is 186 Å². The van der Waals surface area contributed by atoms with Crippen molar-refractivity contribution in [2.24, 2.45) is 5.92 Å². The Hall–Kier alpha value is -3.02. The highest BCUT2D eigenvalue weighted by molar-refractivity contribution is 7.91. The van der Waals surface area contributed by atoms with Gasteiger partial charge in [0.05, 0.1) is 18.6 Å². The molecule has 1 aliphatic rings. The van der Waals surface area contributed by atoms with Crippen molar-refractivity contribution < 1.29 is 28.0 Å². The molecule has 1 fully saturated rings. The van der Waals surface area contributed by atoms with Gasteiger partial charge in [-0.1, -0.05) is 5.17 Å². The molecule has 1 aromatic carbocycles. The van der Waals surface area contributed by atoms with Crippen LogP contribution in [0.15, 0.2) is 52.5 Å². The number of carbonyl (C=O) groups excluding carboxylic acids is 2. The first kappa shape index (κ1) is 23.6. The van der Waals surface area contributed by atoms with E-state index >= 15 is 0 Å². The molecular weight excluding hydrogens is 436 g/mol. The molecule has 0 aliphatic carbocycles. The molecule has 2 amide bonds. The van der Waals surface area contributed by atoms with Crippen LogP contribution in [0.4, 0.5) is 0 Å². The molecule has 3 N–H and O–H groups in total. The van der Waals surface area contributed by atoms with Gasteiger partial charge in [0.1, 0.15) is 5.75 Å². The first-order valence-corrected chi connectivity index (χ1v) is 11.6. The number of aromatic nitrogens is 1. The summed E-state index contributed by atoms with van der Waals surface area (Å²) in [5, 5.41) is 13.3. The van der Waals surface area contributed by atoms with Crippen LogP contribution in [0.2, 0.25) is 0 Å². The molecule has 0 radical (unpaired) electrons. The Bertz CT molecular complexity index is 1060. The van der Waals surface area contributed by atoms with Crippen molar-refractivity contribution in [1.29, 1.82) is 0 Å². The van der Waals surface area contributed by atoms with Crippen molar-refractivity contribution in [1.82, 2.24) is 20.9 Å². The maximum absolute atomic E-state index is 12.8. The quantitative estimate of drug-likeness (QED) is 0.501. The highest BCUT2D eigenvalue weighted by Gasteiger charge is 2.22. The number of nitrogens with one attached hydrogen (secondary N) is 2. The summed E-state index contributed by atoms with van der Waals surface area (Å²) in [6, 6.07) is 8.84. The largest absolute Gasteiger partial charge is 0.497 e. The van der Waals surface area contributed by atoms with E-state index in [1.807, 2.05) is 0 Å². The predicted octanol–water partition coefficient (Wildman–Crippen LogP) is 1.45. The molecule has 10 nitrogen and oxygen atoms in total. The number of benzene rings is 1. The zero-order valence-electron chi connectivity index (χ0n) is 17.7. The van der Waals surface area contributed by atoms with E-state index in [1.54, 1.807) is 18.2 Å². The molecular formula is C21H26N4O6S. The molecule has 11 heteroatoms. The van der Waals surface area contributed by atoms with Gasteiger partial charge in [-0.25, -0.2) is 13.4 Å². The first-order valence-electron chi connectivity index (χ1n) is 10.1. The Morgan fingerprint density at radius 1 is 1.28 bits per heavy atom. The van der Waals surface area contributed by atoms with E-state index in [1.165, 1.54) is 31.5 Å². The minimum Gasteiger partial charge on any atom is -0.497 e. The third-order valence-electron chi connectivity index (χ3n) is 5.16. The number of ether oxygens (including phenoxy) is 1. The number of amides is 2. The zero-order chi connectivity index (χ0) is 23.1. The number of hydrazine groups is 1. The minimum atomic E-state index is -3.86. The minimum absolute atomic E-state index is 0.0187. The molecule has 32 heavy (non-hydrogen) atoms. The van der Waals surface area contributed by atoms with Crippen LogP contribution >= 0.6 is 0 Å². The smallest absolute Gasteiger partial charge is 0.236 e. The van der Waals surface area contributed by atoms with Gasteiger partial charge in [0.2, 0.25) is 21.7 Å². The normalized spacial score (nSPS) is 16.8. The third kappa shape index (κ3) is 6.25. The van der Waals surface area contributed by atoms with Crippen LogP contribution in [-0.2, 0) is 26.0 Å². The van der Waals surface area contributed by atoms with Gasteiger partial charge in [0.25, 0.3) is 0 Å². The van der Waals surface area contributed by atoms with E-state index in [2.05, 4.69) is 15.7 Å². The fraction of sp³-hybridized carbons (Fsp3) is 0.381. The number of rotatable bonds is 8. The molecule has 1 unspecified atom stereocenters. The summed E-state index contributed by atoms with van der Waals surface area (Å²) >= 11 is 0. The number of hydrogen-bond donors (Lipinski definition) is 3. The monoisotopic (exact) mass is 462 g/mol. The van der Waals surface area contributed by atoms with Crippen LogP contribution in [0.5, 0.6) is 5.75 Å². The van der Waals surface area contributed by atoms with Gasteiger partial charge in [0.15, 0.2) is 5.03 Å². The molecule has 0 bridgehead atoms. The van der Waals surface area contributed by atoms with Gasteiger partial charge in [-0.15, -0.1) is 0 Å². The van der Waals surface area contributed by atoms with E-state index in [9.17, 15) is 23.2 Å². The topological polar surface area (TPSA) is 138 Å². The lowest BCUT2D eigenvalue weighted by molar-refractivity contribution is -0.166. The number of nitrogens with zero attached hydrogens (tertiary/aromatic N) is 2. The molecule has 1 atom stereocenters. The maximum Gasteiger partial charge on any atom is 0.236 e. The van der Waals surface area contributed by atoms with E-state index < -0.39 is 9.84 Å². The number of sulfone groups is 1. The first-order chi connectivity index (χ1) is 15.3. The maximum atomic E-state index is 12.8. The second-order valence-corrected chi connectivity index (χ2v) is 9.42. The lowest BCUT2D eigenvalue weighted by Crippen LogP contribution is -2.40. The number of hydroxylamine groups is 1. The van der Waals surface area contributed by atoms with Crippen LogP contribution in [0.3, 0.4) is 0 Å². The van der Waals surface area contributed by atoms with Crippen LogP contribution in [0.25, 0.3) is 0 Å². The van der Waals surface area contributed by atoms with Gasteiger partial charge < -0.3 is 10.1 Å². The van der Waals surface area contributed by atoms with Crippen molar-refractivity contribution in [2.75, 3.05) is 13.7 Å². The SMILES string of the molecule is COc1ccc(S(=O)(=O)c2cc(CN(O)NC(=O)CC3CCNC(=O)CC3)ccn2)cc1. The summed E-state index contributed by atoms with van der Waals surface area (Å²) < 4.78 is 30.7. The average Bonchev–Trinajstić information content (AvgIpc) is 2.97. The van der Waals surface area contributed by atoms with E-state index in [4.69, 9.17) is 4.74 Å².